The zero-order chi connectivity index (χ0) is 8.27. The minimum atomic E-state index is 0.928. The van der Waals surface area contributed by atoms with Crippen molar-refractivity contribution in [2.75, 3.05) is 7.11 Å². The second-order valence-corrected chi connectivity index (χ2v) is 5.65. The molecule has 0 aliphatic heterocycles. The number of halogens is 2. The van der Waals surface area contributed by atoms with Crippen molar-refractivity contribution in [2.45, 2.75) is 0 Å². The first-order chi connectivity index (χ1) is 5.22. The van der Waals surface area contributed by atoms with Gasteiger partial charge in [0.25, 0.3) is 0 Å². The maximum absolute atomic E-state index is 5.04. The monoisotopic (exact) mass is 296 g/mol. The molecule has 0 aliphatic rings. The molecule has 0 aliphatic carbocycles. The number of rotatable bonds is 2. The Kier molecular flexibility index (Phi) is 3.62. The molecule has 0 saturated carbocycles. The van der Waals surface area contributed by atoms with Crippen LogP contribution in [0.1, 0.15) is 4.88 Å². The average molecular weight is 298 g/mol. The summed E-state index contributed by atoms with van der Waals surface area (Å²) in [4.78, 5) is 1.16. The summed E-state index contributed by atoms with van der Waals surface area (Å²) in [5.41, 5.74) is 0. The van der Waals surface area contributed by atoms with Gasteiger partial charge in [0, 0.05) is 4.88 Å². The summed E-state index contributed by atoms with van der Waals surface area (Å²) < 4.78 is 5.97. The predicted molar refractivity (Wildman–Crippen MR) is 56.7 cm³/mol. The van der Waals surface area contributed by atoms with E-state index in [0.29, 0.717) is 0 Å². The number of thiophene rings is 1. The first kappa shape index (κ1) is 9.29. The van der Waals surface area contributed by atoms with Gasteiger partial charge < -0.3 is 4.74 Å². The SMILES string of the molecule is COc1ccc(C=C(Br)Br)s1. The molecule has 0 radical (unpaired) electrons. The fourth-order valence-electron chi connectivity index (χ4n) is 0.629. The van der Waals surface area contributed by atoms with Crippen molar-refractivity contribution < 1.29 is 4.74 Å². The molecule has 0 amide bonds. The molecule has 4 heteroatoms. The molecule has 60 valence electrons. The normalized spacial score (nSPS) is 9.36. The Morgan fingerprint density at radius 3 is 2.73 bits per heavy atom. The van der Waals surface area contributed by atoms with Crippen LogP contribution in [0.15, 0.2) is 15.5 Å². The van der Waals surface area contributed by atoms with Crippen LogP contribution in [-0.2, 0) is 0 Å². The summed E-state index contributed by atoms with van der Waals surface area (Å²) >= 11 is 8.17. The zero-order valence-corrected chi connectivity index (χ0v) is 9.79. The highest BCUT2D eigenvalue weighted by atomic mass is 79.9. The maximum atomic E-state index is 5.04. The molecule has 1 rings (SSSR count). The smallest absolute Gasteiger partial charge is 0.173 e. The summed E-state index contributed by atoms with van der Waals surface area (Å²) in [6.07, 6.45) is 1.98. The average Bonchev–Trinajstić information content (AvgIpc) is 2.34. The molecule has 11 heavy (non-hydrogen) atoms. The standard InChI is InChI=1S/C7H6Br2OS/c1-10-7-3-2-5(11-7)4-6(8)9/h2-4H,1H3. The van der Waals surface area contributed by atoms with Gasteiger partial charge in [0.15, 0.2) is 5.06 Å². The Balaban J connectivity index is 2.81. The van der Waals surface area contributed by atoms with Gasteiger partial charge in [-0.1, -0.05) is 11.3 Å². The van der Waals surface area contributed by atoms with Gasteiger partial charge in [-0.3, -0.25) is 0 Å². The summed E-state index contributed by atoms with van der Waals surface area (Å²) in [7, 11) is 1.67. The molecule has 0 fully saturated rings. The molecular weight excluding hydrogens is 292 g/mol. The minimum Gasteiger partial charge on any atom is -0.487 e. The van der Waals surface area contributed by atoms with E-state index in [1.807, 2.05) is 18.2 Å². The molecule has 1 nitrogen and oxygen atoms in total. The lowest BCUT2D eigenvalue weighted by Gasteiger charge is -1.88. The van der Waals surface area contributed by atoms with Crippen molar-refractivity contribution >= 4 is 49.3 Å². The molecular formula is C7H6Br2OS. The molecule has 0 atom stereocenters. The third-order valence-electron chi connectivity index (χ3n) is 1.05. The molecule has 0 spiro atoms. The highest BCUT2D eigenvalue weighted by Gasteiger charge is 1.96. The summed E-state index contributed by atoms with van der Waals surface area (Å²) in [6.45, 7) is 0. The molecule has 0 N–H and O–H groups in total. The van der Waals surface area contributed by atoms with E-state index in [1.54, 1.807) is 18.4 Å². The van der Waals surface area contributed by atoms with Gasteiger partial charge in [-0.15, -0.1) is 0 Å². The van der Waals surface area contributed by atoms with E-state index < -0.39 is 0 Å². The van der Waals surface area contributed by atoms with Gasteiger partial charge in [0.2, 0.25) is 0 Å². The van der Waals surface area contributed by atoms with E-state index in [2.05, 4.69) is 31.9 Å². The van der Waals surface area contributed by atoms with Gasteiger partial charge in [0.05, 0.1) is 10.5 Å². The topological polar surface area (TPSA) is 9.23 Å². The first-order valence-corrected chi connectivity index (χ1v) is 5.29. The van der Waals surface area contributed by atoms with Crippen molar-refractivity contribution in [1.29, 1.82) is 0 Å². The fourth-order valence-corrected chi connectivity index (χ4v) is 2.19. The van der Waals surface area contributed by atoms with Gasteiger partial charge in [-0.05, 0) is 50.1 Å². The summed E-state index contributed by atoms with van der Waals surface area (Å²) in [5, 5.41) is 0.928. The Hall–Kier alpha value is 0.200. The molecule has 0 aromatic carbocycles. The Morgan fingerprint density at radius 2 is 2.27 bits per heavy atom. The third kappa shape index (κ3) is 2.97. The summed E-state index contributed by atoms with van der Waals surface area (Å²) in [5.74, 6) is 0. The second kappa shape index (κ2) is 4.28. The van der Waals surface area contributed by atoms with Crippen molar-refractivity contribution in [1.82, 2.24) is 0 Å². The molecule has 1 aromatic heterocycles. The van der Waals surface area contributed by atoms with E-state index >= 15 is 0 Å². The van der Waals surface area contributed by atoms with Gasteiger partial charge in [-0.2, -0.15) is 0 Å². The van der Waals surface area contributed by atoms with E-state index in [-0.39, 0.29) is 0 Å². The molecule has 0 bridgehead atoms. The first-order valence-electron chi connectivity index (χ1n) is 2.89. The van der Waals surface area contributed by atoms with Crippen LogP contribution in [0.25, 0.3) is 6.08 Å². The molecule has 0 unspecified atom stereocenters. The number of hydrogen-bond donors (Lipinski definition) is 0. The number of hydrogen-bond acceptors (Lipinski definition) is 2. The van der Waals surface area contributed by atoms with E-state index in [0.717, 1.165) is 13.3 Å². The van der Waals surface area contributed by atoms with Crippen LogP contribution in [-0.4, -0.2) is 7.11 Å². The van der Waals surface area contributed by atoms with Crippen molar-refractivity contribution in [3.8, 4) is 5.06 Å². The molecule has 0 saturated heterocycles. The highest BCUT2D eigenvalue weighted by molar-refractivity contribution is 9.28. The van der Waals surface area contributed by atoms with Gasteiger partial charge >= 0.3 is 0 Å². The fraction of sp³-hybridized carbons (Fsp3) is 0.143. The van der Waals surface area contributed by atoms with E-state index in [1.165, 1.54) is 0 Å². The third-order valence-corrected chi connectivity index (χ3v) is 2.51. The van der Waals surface area contributed by atoms with Crippen LogP contribution in [0.5, 0.6) is 5.06 Å². The van der Waals surface area contributed by atoms with Crippen LogP contribution in [0.4, 0.5) is 0 Å². The summed E-state index contributed by atoms with van der Waals surface area (Å²) in [6, 6.07) is 3.95. The van der Waals surface area contributed by atoms with Crippen molar-refractivity contribution in [3.05, 3.63) is 20.4 Å². The quantitative estimate of drug-likeness (QED) is 0.806. The van der Waals surface area contributed by atoms with Crippen molar-refractivity contribution in [3.63, 3.8) is 0 Å². The predicted octanol–water partition coefficient (Wildman–Crippen LogP) is 3.84. The van der Waals surface area contributed by atoms with E-state index in [4.69, 9.17) is 4.74 Å². The number of ether oxygens (including phenoxy) is 1. The molecule has 1 aromatic rings. The lowest BCUT2D eigenvalue weighted by atomic mass is 10.5. The lowest BCUT2D eigenvalue weighted by molar-refractivity contribution is 0.427. The van der Waals surface area contributed by atoms with Crippen LogP contribution in [0, 0.1) is 0 Å². The zero-order valence-electron chi connectivity index (χ0n) is 5.80. The van der Waals surface area contributed by atoms with Crippen molar-refractivity contribution in [2.24, 2.45) is 0 Å². The van der Waals surface area contributed by atoms with Crippen LogP contribution < -0.4 is 4.74 Å². The van der Waals surface area contributed by atoms with Gasteiger partial charge in [0.1, 0.15) is 0 Å². The van der Waals surface area contributed by atoms with Crippen LogP contribution in [0.3, 0.4) is 0 Å². The van der Waals surface area contributed by atoms with Gasteiger partial charge in [-0.25, -0.2) is 0 Å². The maximum Gasteiger partial charge on any atom is 0.173 e. The molecule has 1 heterocycles. The lowest BCUT2D eigenvalue weighted by Crippen LogP contribution is -1.73. The second-order valence-electron chi connectivity index (χ2n) is 1.79. The Bertz CT molecular complexity index is 263. The van der Waals surface area contributed by atoms with Crippen LogP contribution >= 0.6 is 43.2 Å². The number of methoxy groups -OCH3 is 1. The van der Waals surface area contributed by atoms with E-state index in [9.17, 15) is 0 Å². The Labute approximate surface area is 86.3 Å². The largest absolute Gasteiger partial charge is 0.487 e. The highest BCUT2D eigenvalue weighted by Crippen LogP contribution is 2.28. The Morgan fingerprint density at radius 1 is 1.55 bits per heavy atom. The van der Waals surface area contributed by atoms with Crippen LogP contribution in [0.2, 0.25) is 0 Å². The minimum absolute atomic E-state index is 0.928.